The van der Waals surface area contributed by atoms with E-state index in [1.165, 1.54) is 20.2 Å². The third-order valence-electron chi connectivity index (χ3n) is 8.69. The van der Waals surface area contributed by atoms with Crippen LogP contribution in [0, 0.1) is 29.6 Å². The highest BCUT2D eigenvalue weighted by Crippen LogP contribution is 2.14. The van der Waals surface area contributed by atoms with Gasteiger partial charge in [0.15, 0.2) is 0 Å². The van der Waals surface area contributed by atoms with Gasteiger partial charge in [0.25, 0.3) is 0 Å². The lowest BCUT2D eigenvalue weighted by Crippen LogP contribution is -2.59. The van der Waals surface area contributed by atoms with Crippen LogP contribution < -0.4 is 26.6 Å². The fraction of sp³-hybridized carbons (Fsp3) is 0.692. The normalized spacial score (nSPS) is 15.6. The van der Waals surface area contributed by atoms with E-state index in [-0.39, 0.29) is 42.4 Å². The van der Waals surface area contributed by atoms with Crippen molar-refractivity contribution in [2.45, 2.75) is 138 Å². The summed E-state index contributed by atoms with van der Waals surface area (Å²) in [5.41, 5.74) is 0.596. The Morgan fingerprint density at radius 3 is 1.64 bits per heavy atom. The average molecular weight is 744 g/mol. The number of aromatic nitrogens is 1. The number of rotatable bonds is 22. The molecule has 0 aliphatic heterocycles. The van der Waals surface area contributed by atoms with Crippen LogP contribution in [-0.4, -0.2) is 90.1 Å². The summed E-state index contributed by atoms with van der Waals surface area (Å²) in [6, 6.07) is -0.316. The Kier molecular flexibility index (Phi) is 20.5. The molecule has 14 heteroatoms. The van der Waals surface area contributed by atoms with Crippen molar-refractivity contribution < 1.29 is 33.5 Å². The summed E-state index contributed by atoms with van der Waals surface area (Å²) in [4.78, 5) is 88.7. The van der Waals surface area contributed by atoms with Crippen LogP contribution in [0.2, 0.25) is 0 Å². The molecule has 0 aliphatic carbocycles. The fourth-order valence-corrected chi connectivity index (χ4v) is 5.54. The van der Waals surface area contributed by atoms with Crippen molar-refractivity contribution in [2.75, 3.05) is 7.11 Å². The number of aliphatic imine (C=N–C) groups is 1. The van der Waals surface area contributed by atoms with Crippen LogP contribution in [0.5, 0.6) is 0 Å². The van der Waals surface area contributed by atoms with Crippen molar-refractivity contribution in [3.05, 3.63) is 30.1 Å². The molecule has 14 nitrogen and oxygen atoms in total. The number of carbonyl (C=O) groups is 6. The molecule has 7 atom stereocenters. The van der Waals surface area contributed by atoms with E-state index < -0.39 is 71.8 Å². The smallest absolute Gasteiger partial charge is 0.328 e. The Bertz CT molecular complexity index is 1370. The molecule has 1 aromatic heterocycles. The fourth-order valence-electron chi connectivity index (χ4n) is 5.54. The Balaban J connectivity index is 3.13. The lowest BCUT2D eigenvalue weighted by atomic mass is 9.96. The number of pyridine rings is 1. The number of hydrogen-bond acceptors (Lipinski definition) is 9. The first-order valence-corrected chi connectivity index (χ1v) is 18.8. The molecule has 5 amide bonds. The first kappa shape index (κ1) is 46.7. The van der Waals surface area contributed by atoms with Crippen LogP contribution in [0.1, 0.15) is 108 Å². The summed E-state index contributed by atoms with van der Waals surface area (Å²) in [5.74, 6) is -3.62. The largest absolute Gasteiger partial charge is 0.467 e. The van der Waals surface area contributed by atoms with Gasteiger partial charge in [-0.2, -0.15) is 0 Å². The maximum Gasteiger partial charge on any atom is 0.328 e. The van der Waals surface area contributed by atoms with Gasteiger partial charge in [-0.05, 0) is 67.9 Å². The second-order valence-electron chi connectivity index (χ2n) is 15.4. The van der Waals surface area contributed by atoms with Crippen LogP contribution in [0.15, 0.2) is 29.4 Å². The molecule has 0 saturated carbocycles. The van der Waals surface area contributed by atoms with E-state index in [1.807, 2.05) is 75.3 Å². The standard InChI is InChI=1S/C39H65N7O7/c1-13-26(10)33(46-37(50)32(25(8)9)41-21-28-16-14-15-17-40-28)38(51)42-27(11)34(47)43-29(18-22(2)3)35(48)44-30(19-23(4)5)36(49)45-31(20-24(6)7)39(52)53-12/h14-17,21-27,29-33H,13,18-20H2,1-12H3,(H,42,51)(H,43,47)(H,44,48)(H,45,49)(H,46,50)/t26-,27-,29-,30-,31-,32-,33-/m0/s1. The van der Waals surface area contributed by atoms with Gasteiger partial charge in [-0.15, -0.1) is 0 Å². The summed E-state index contributed by atoms with van der Waals surface area (Å²) < 4.78 is 4.88. The topological polar surface area (TPSA) is 197 Å². The van der Waals surface area contributed by atoms with Crippen LogP contribution in [-0.2, 0) is 33.5 Å². The molecule has 0 saturated heterocycles. The van der Waals surface area contributed by atoms with Gasteiger partial charge in [-0.3, -0.25) is 33.9 Å². The molecule has 0 radical (unpaired) electrons. The van der Waals surface area contributed by atoms with Gasteiger partial charge in [0.1, 0.15) is 36.3 Å². The highest BCUT2D eigenvalue weighted by Gasteiger charge is 2.34. The minimum atomic E-state index is -1.07. The van der Waals surface area contributed by atoms with Crippen LogP contribution >= 0.6 is 0 Å². The highest BCUT2D eigenvalue weighted by molar-refractivity contribution is 5.96. The maximum absolute atomic E-state index is 13.7. The monoisotopic (exact) mass is 743 g/mol. The number of esters is 1. The molecule has 0 unspecified atom stereocenters. The number of amides is 5. The number of ether oxygens (including phenoxy) is 1. The van der Waals surface area contributed by atoms with Gasteiger partial charge < -0.3 is 31.3 Å². The van der Waals surface area contributed by atoms with Gasteiger partial charge >= 0.3 is 5.97 Å². The summed E-state index contributed by atoms with van der Waals surface area (Å²) in [5, 5.41) is 13.8. The van der Waals surface area contributed by atoms with Gasteiger partial charge in [-0.1, -0.05) is 81.7 Å². The molecule has 0 spiro atoms. The van der Waals surface area contributed by atoms with Crippen molar-refractivity contribution in [1.82, 2.24) is 31.6 Å². The Morgan fingerprint density at radius 1 is 0.679 bits per heavy atom. The summed E-state index contributed by atoms with van der Waals surface area (Å²) in [6.07, 6.45) is 4.63. The van der Waals surface area contributed by atoms with E-state index in [0.29, 0.717) is 18.5 Å². The summed E-state index contributed by atoms with van der Waals surface area (Å²) in [6.45, 7) is 20.4. The number of methoxy groups -OCH3 is 1. The second-order valence-corrected chi connectivity index (χ2v) is 15.4. The van der Waals surface area contributed by atoms with E-state index in [1.54, 1.807) is 18.3 Å². The van der Waals surface area contributed by atoms with Gasteiger partial charge in [0, 0.05) is 12.4 Å². The van der Waals surface area contributed by atoms with E-state index in [4.69, 9.17) is 4.74 Å². The summed E-state index contributed by atoms with van der Waals surface area (Å²) in [7, 11) is 1.25. The van der Waals surface area contributed by atoms with Crippen molar-refractivity contribution >= 4 is 41.7 Å². The molecule has 1 rings (SSSR count). The lowest BCUT2D eigenvalue weighted by Gasteiger charge is -2.29. The van der Waals surface area contributed by atoms with Crippen LogP contribution in [0.4, 0.5) is 0 Å². The second kappa shape index (κ2) is 23.3. The van der Waals surface area contributed by atoms with Gasteiger partial charge in [0.2, 0.25) is 29.5 Å². The minimum absolute atomic E-state index is 0.0118. The van der Waals surface area contributed by atoms with E-state index in [0.717, 1.165) is 0 Å². The first-order valence-electron chi connectivity index (χ1n) is 18.8. The van der Waals surface area contributed by atoms with Crippen molar-refractivity contribution in [3.8, 4) is 0 Å². The molecular formula is C39H65N7O7. The number of nitrogens with zero attached hydrogens (tertiary/aromatic N) is 2. The maximum atomic E-state index is 13.7. The van der Waals surface area contributed by atoms with Crippen molar-refractivity contribution in [1.29, 1.82) is 0 Å². The molecule has 53 heavy (non-hydrogen) atoms. The molecule has 298 valence electrons. The van der Waals surface area contributed by atoms with Gasteiger partial charge in [-0.25, -0.2) is 4.79 Å². The molecule has 0 bridgehead atoms. The quantitative estimate of drug-likeness (QED) is 0.0881. The third kappa shape index (κ3) is 16.9. The Labute approximate surface area is 316 Å². The van der Waals surface area contributed by atoms with Crippen LogP contribution in [0.25, 0.3) is 0 Å². The van der Waals surface area contributed by atoms with Crippen molar-refractivity contribution in [2.24, 2.45) is 34.6 Å². The highest BCUT2D eigenvalue weighted by atomic mass is 16.5. The van der Waals surface area contributed by atoms with E-state index >= 15 is 0 Å². The third-order valence-corrected chi connectivity index (χ3v) is 8.69. The lowest BCUT2D eigenvalue weighted by molar-refractivity contribution is -0.146. The average Bonchev–Trinajstić information content (AvgIpc) is 3.08. The summed E-state index contributed by atoms with van der Waals surface area (Å²) >= 11 is 0. The Hall–Kier alpha value is -4.36. The zero-order valence-electron chi connectivity index (χ0n) is 33.8. The number of carbonyl (C=O) groups excluding carboxylic acids is 6. The number of hydrogen-bond donors (Lipinski definition) is 5. The van der Waals surface area contributed by atoms with E-state index in [9.17, 15) is 28.8 Å². The van der Waals surface area contributed by atoms with E-state index in [2.05, 4.69) is 36.6 Å². The van der Waals surface area contributed by atoms with Gasteiger partial charge in [0.05, 0.1) is 12.8 Å². The zero-order valence-corrected chi connectivity index (χ0v) is 33.8. The predicted octanol–water partition coefficient (Wildman–Crippen LogP) is 3.33. The molecule has 0 fully saturated rings. The van der Waals surface area contributed by atoms with Crippen LogP contribution in [0.3, 0.4) is 0 Å². The molecule has 0 aromatic carbocycles. The predicted molar refractivity (Wildman–Crippen MR) is 206 cm³/mol. The molecule has 5 N–H and O–H groups in total. The Morgan fingerprint density at radius 2 is 1.19 bits per heavy atom. The molecule has 1 aromatic rings. The van der Waals surface area contributed by atoms with Crippen molar-refractivity contribution in [3.63, 3.8) is 0 Å². The molecule has 1 heterocycles. The first-order chi connectivity index (χ1) is 24.8. The zero-order chi connectivity index (χ0) is 40.4. The molecular weight excluding hydrogens is 678 g/mol. The molecule has 0 aliphatic rings. The number of nitrogens with one attached hydrogen (secondary N) is 5. The SMILES string of the molecule is CC[C@H](C)[C@H](NC(=O)[C@@H](N=Cc1ccccn1)C(C)C)C(=O)N[C@@H](C)C(=O)N[C@@H](CC(C)C)C(=O)N[C@@H](CC(C)C)C(=O)N[C@@H](CC(C)C)C(=O)OC. The minimum Gasteiger partial charge on any atom is -0.467 e.